The first kappa shape index (κ1) is 13.8. The SMILES string of the molecule is Cc1cc(C)cc(S(=O)(=O)Nc2nccnc2Cl)c1. The van der Waals surface area contributed by atoms with E-state index in [0.29, 0.717) is 0 Å². The Bertz CT molecular complexity index is 696. The number of benzene rings is 1. The van der Waals surface area contributed by atoms with E-state index in [-0.39, 0.29) is 15.9 Å². The predicted octanol–water partition coefficient (Wildman–Crippen LogP) is 2.55. The number of sulfonamides is 1. The molecule has 0 saturated heterocycles. The zero-order valence-corrected chi connectivity index (χ0v) is 12.0. The molecule has 1 aromatic heterocycles. The topological polar surface area (TPSA) is 72.0 Å². The highest BCUT2D eigenvalue weighted by Gasteiger charge is 2.17. The third-order valence-corrected chi connectivity index (χ3v) is 3.99. The molecule has 0 fully saturated rings. The van der Waals surface area contributed by atoms with E-state index in [1.165, 1.54) is 12.4 Å². The van der Waals surface area contributed by atoms with Crippen LogP contribution in [-0.2, 0) is 10.0 Å². The van der Waals surface area contributed by atoms with E-state index in [1.807, 2.05) is 19.9 Å². The summed E-state index contributed by atoms with van der Waals surface area (Å²) in [7, 11) is -3.72. The fourth-order valence-electron chi connectivity index (χ4n) is 1.66. The van der Waals surface area contributed by atoms with Crippen molar-refractivity contribution < 1.29 is 8.42 Å². The van der Waals surface area contributed by atoms with Gasteiger partial charge in [-0.25, -0.2) is 18.4 Å². The second-order valence-corrected chi connectivity index (χ2v) is 6.17. The van der Waals surface area contributed by atoms with Crippen molar-refractivity contribution in [3.8, 4) is 0 Å². The maximum atomic E-state index is 12.2. The Labute approximate surface area is 116 Å². The summed E-state index contributed by atoms with van der Waals surface area (Å²) in [6, 6.07) is 5.06. The number of aromatic nitrogens is 2. The van der Waals surface area contributed by atoms with Crippen LogP contribution >= 0.6 is 11.6 Å². The first-order chi connectivity index (χ1) is 8.88. The molecule has 19 heavy (non-hydrogen) atoms. The highest BCUT2D eigenvalue weighted by molar-refractivity contribution is 7.92. The van der Waals surface area contributed by atoms with Gasteiger partial charge in [0.25, 0.3) is 10.0 Å². The van der Waals surface area contributed by atoms with E-state index < -0.39 is 10.0 Å². The van der Waals surface area contributed by atoms with Crippen LogP contribution in [0.25, 0.3) is 0 Å². The third-order valence-electron chi connectivity index (χ3n) is 2.39. The maximum Gasteiger partial charge on any atom is 0.263 e. The lowest BCUT2D eigenvalue weighted by atomic mass is 10.2. The molecule has 0 spiro atoms. The summed E-state index contributed by atoms with van der Waals surface area (Å²) >= 11 is 5.78. The summed E-state index contributed by atoms with van der Waals surface area (Å²) < 4.78 is 26.8. The Balaban J connectivity index is 2.41. The predicted molar refractivity (Wildman–Crippen MR) is 73.8 cm³/mol. The summed E-state index contributed by atoms with van der Waals surface area (Å²) in [4.78, 5) is 7.79. The number of halogens is 1. The van der Waals surface area contributed by atoms with E-state index in [1.54, 1.807) is 12.1 Å². The third kappa shape index (κ3) is 3.21. The Morgan fingerprint density at radius 1 is 1.05 bits per heavy atom. The standard InChI is InChI=1S/C12H12ClN3O2S/c1-8-5-9(2)7-10(6-8)19(17,18)16-12-11(13)14-3-4-15-12/h3-7H,1-2H3,(H,15,16). The van der Waals surface area contributed by atoms with Gasteiger partial charge < -0.3 is 0 Å². The van der Waals surface area contributed by atoms with Gasteiger partial charge in [-0.1, -0.05) is 17.7 Å². The number of nitrogens with zero attached hydrogens (tertiary/aromatic N) is 2. The van der Waals surface area contributed by atoms with Gasteiger partial charge in [0, 0.05) is 12.4 Å². The largest absolute Gasteiger partial charge is 0.263 e. The lowest BCUT2D eigenvalue weighted by Crippen LogP contribution is -2.15. The van der Waals surface area contributed by atoms with Gasteiger partial charge in [0.05, 0.1) is 4.90 Å². The van der Waals surface area contributed by atoms with Gasteiger partial charge in [-0.2, -0.15) is 0 Å². The van der Waals surface area contributed by atoms with Crippen LogP contribution in [0.15, 0.2) is 35.5 Å². The van der Waals surface area contributed by atoms with Crippen molar-refractivity contribution in [3.05, 3.63) is 46.9 Å². The number of nitrogens with one attached hydrogen (secondary N) is 1. The van der Waals surface area contributed by atoms with Gasteiger partial charge in [0.2, 0.25) is 0 Å². The Kier molecular flexibility index (Phi) is 3.73. The number of hydrogen-bond acceptors (Lipinski definition) is 4. The van der Waals surface area contributed by atoms with Crippen molar-refractivity contribution in [3.63, 3.8) is 0 Å². The van der Waals surface area contributed by atoms with Crippen molar-refractivity contribution >= 4 is 27.4 Å². The van der Waals surface area contributed by atoms with Gasteiger partial charge >= 0.3 is 0 Å². The van der Waals surface area contributed by atoms with Crippen molar-refractivity contribution in [1.82, 2.24) is 9.97 Å². The molecule has 0 bridgehead atoms. The summed E-state index contributed by atoms with van der Waals surface area (Å²) in [5.41, 5.74) is 1.73. The summed E-state index contributed by atoms with van der Waals surface area (Å²) in [5, 5.41) is 0.00968. The van der Waals surface area contributed by atoms with Gasteiger partial charge in [0.15, 0.2) is 11.0 Å². The molecule has 0 radical (unpaired) electrons. The van der Waals surface area contributed by atoms with Crippen molar-refractivity contribution in [2.24, 2.45) is 0 Å². The highest BCUT2D eigenvalue weighted by atomic mass is 35.5. The normalized spacial score (nSPS) is 11.3. The quantitative estimate of drug-likeness (QED) is 0.945. The molecule has 0 aliphatic carbocycles. The van der Waals surface area contributed by atoms with Gasteiger partial charge in [-0.3, -0.25) is 4.72 Å². The summed E-state index contributed by atoms with van der Waals surface area (Å²) in [6.07, 6.45) is 2.75. The van der Waals surface area contributed by atoms with Crippen LogP contribution < -0.4 is 4.72 Å². The van der Waals surface area contributed by atoms with Gasteiger partial charge in [-0.05, 0) is 37.1 Å². The average molecular weight is 298 g/mol. The van der Waals surface area contributed by atoms with Crippen LogP contribution in [0.4, 0.5) is 5.82 Å². The second-order valence-electron chi connectivity index (χ2n) is 4.12. The molecule has 1 heterocycles. The molecule has 0 aliphatic heterocycles. The molecule has 2 rings (SSSR count). The van der Waals surface area contributed by atoms with Crippen molar-refractivity contribution in [1.29, 1.82) is 0 Å². The monoisotopic (exact) mass is 297 g/mol. The minimum atomic E-state index is -3.72. The molecule has 7 heteroatoms. The lowest BCUT2D eigenvalue weighted by molar-refractivity contribution is 0.601. The molecule has 5 nitrogen and oxygen atoms in total. The Morgan fingerprint density at radius 2 is 1.63 bits per heavy atom. The minimum absolute atomic E-state index is 0.00968. The van der Waals surface area contributed by atoms with Crippen LogP contribution in [0.3, 0.4) is 0 Å². The average Bonchev–Trinajstić information content (AvgIpc) is 2.31. The maximum absolute atomic E-state index is 12.2. The summed E-state index contributed by atoms with van der Waals surface area (Å²) in [6.45, 7) is 3.67. The van der Waals surface area contributed by atoms with Crippen LogP contribution in [0.5, 0.6) is 0 Å². The molecule has 1 N–H and O–H groups in total. The highest BCUT2D eigenvalue weighted by Crippen LogP contribution is 2.21. The molecule has 0 atom stereocenters. The fourth-order valence-corrected chi connectivity index (χ4v) is 3.08. The van der Waals surface area contributed by atoms with Crippen LogP contribution in [0.1, 0.15) is 11.1 Å². The zero-order valence-electron chi connectivity index (χ0n) is 10.4. The Morgan fingerprint density at radius 3 is 2.21 bits per heavy atom. The van der Waals surface area contributed by atoms with Gasteiger partial charge in [-0.15, -0.1) is 0 Å². The van der Waals surface area contributed by atoms with E-state index in [4.69, 9.17) is 11.6 Å². The van der Waals surface area contributed by atoms with Crippen LogP contribution in [0, 0.1) is 13.8 Å². The van der Waals surface area contributed by atoms with E-state index in [2.05, 4.69) is 14.7 Å². The number of hydrogen-bond donors (Lipinski definition) is 1. The van der Waals surface area contributed by atoms with Crippen LogP contribution in [-0.4, -0.2) is 18.4 Å². The molecule has 0 aliphatic rings. The zero-order chi connectivity index (χ0) is 14.0. The minimum Gasteiger partial charge on any atom is -0.261 e. The lowest BCUT2D eigenvalue weighted by Gasteiger charge is -2.09. The van der Waals surface area contributed by atoms with Crippen LogP contribution in [0.2, 0.25) is 5.15 Å². The number of rotatable bonds is 3. The fraction of sp³-hybridized carbons (Fsp3) is 0.167. The first-order valence-electron chi connectivity index (χ1n) is 5.46. The molecule has 1 aromatic carbocycles. The molecule has 2 aromatic rings. The molecule has 0 unspecified atom stereocenters. The molecule has 0 saturated carbocycles. The summed E-state index contributed by atoms with van der Waals surface area (Å²) in [5.74, 6) is 0.0170. The first-order valence-corrected chi connectivity index (χ1v) is 7.32. The molecule has 100 valence electrons. The van der Waals surface area contributed by atoms with E-state index in [0.717, 1.165) is 11.1 Å². The Hall–Kier alpha value is -1.66. The second kappa shape index (κ2) is 5.14. The molecular formula is C12H12ClN3O2S. The number of anilines is 1. The molecule has 0 amide bonds. The van der Waals surface area contributed by atoms with E-state index in [9.17, 15) is 8.42 Å². The van der Waals surface area contributed by atoms with Crippen molar-refractivity contribution in [2.75, 3.05) is 4.72 Å². The number of aryl methyl sites for hydroxylation is 2. The molecular weight excluding hydrogens is 286 g/mol. The van der Waals surface area contributed by atoms with Gasteiger partial charge in [0.1, 0.15) is 0 Å². The van der Waals surface area contributed by atoms with E-state index >= 15 is 0 Å². The van der Waals surface area contributed by atoms with Crippen molar-refractivity contribution in [2.45, 2.75) is 18.7 Å². The smallest absolute Gasteiger partial charge is 0.261 e.